The Kier molecular flexibility index (Phi) is 6.79. The molecule has 0 aromatic carbocycles. The van der Waals surface area contributed by atoms with Gasteiger partial charge in [0.25, 0.3) is 0 Å². The number of aryl methyl sites for hydroxylation is 1. The third-order valence-corrected chi connectivity index (χ3v) is 4.90. The van der Waals surface area contributed by atoms with Gasteiger partial charge in [-0.05, 0) is 34.5 Å². The molecule has 0 radical (unpaired) electrons. The van der Waals surface area contributed by atoms with Crippen molar-refractivity contribution in [1.82, 2.24) is 24.7 Å². The van der Waals surface area contributed by atoms with Gasteiger partial charge in [-0.15, -0.1) is 0 Å². The van der Waals surface area contributed by atoms with E-state index < -0.39 is 10.0 Å². The average molecular weight is 317 g/mol. The lowest BCUT2D eigenvalue weighted by atomic mass is 10.4. The number of sulfonamides is 1. The normalized spacial score (nSPS) is 12.3. The number of rotatable bonds is 9. The lowest BCUT2D eigenvalue weighted by Crippen LogP contribution is -2.32. The third-order valence-electron chi connectivity index (χ3n) is 3.19. The summed E-state index contributed by atoms with van der Waals surface area (Å²) in [7, 11) is 0.305. The first-order valence-corrected chi connectivity index (χ1v) is 8.67. The van der Waals surface area contributed by atoms with Crippen molar-refractivity contribution in [1.29, 1.82) is 0 Å². The maximum Gasteiger partial charge on any atom is 0.244 e. The van der Waals surface area contributed by atoms with Crippen molar-refractivity contribution in [2.45, 2.75) is 32.2 Å². The van der Waals surface area contributed by atoms with Crippen molar-refractivity contribution >= 4 is 10.0 Å². The van der Waals surface area contributed by atoms with Crippen LogP contribution in [0.4, 0.5) is 0 Å². The molecule has 0 fully saturated rings. The molecule has 1 rings (SSSR count). The van der Waals surface area contributed by atoms with E-state index in [1.165, 1.54) is 0 Å². The summed E-state index contributed by atoms with van der Waals surface area (Å²) in [5, 5.41) is 7.55. The van der Waals surface area contributed by atoms with Crippen LogP contribution >= 0.6 is 0 Å². The molecule has 0 spiro atoms. The highest BCUT2D eigenvalue weighted by molar-refractivity contribution is 7.89. The highest BCUT2D eigenvalue weighted by Gasteiger charge is 2.24. The Morgan fingerprint density at radius 3 is 2.48 bits per heavy atom. The Balaban J connectivity index is 2.86. The van der Waals surface area contributed by atoms with Gasteiger partial charge in [0.15, 0.2) is 0 Å². The number of hydrogen-bond acceptors (Lipinski definition) is 5. The standard InChI is InChI=1S/C13H27N5O2S/c1-6-14-7-10-18-12(3)13(11(2)16-18)21(19,20)15-8-9-17(4)5/h14-15H,6-10H2,1-5H3. The van der Waals surface area contributed by atoms with Crippen LogP contribution in [0, 0.1) is 13.8 Å². The van der Waals surface area contributed by atoms with Gasteiger partial charge >= 0.3 is 0 Å². The summed E-state index contributed by atoms with van der Waals surface area (Å²) in [6.07, 6.45) is 0. The minimum Gasteiger partial charge on any atom is -0.315 e. The molecule has 0 atom stereocenters. The summed E-state index contributed by atoms with van der Waals surface area (Å²) >= 11 is 0. The molecular weight excluding hydrogens is 290 g/mol. The monoisotopic (exact) mass is 317 g/mol. The Bertz CT molecular complexity index is 551. The SMILES string of the molecule is CCNCCn1nc(C)c(S(=O)(=O)NCCN(C)C)c1C. The van der Waals surface area contributed by atoms with Crippen LogP contribution in [-0.4, -0.2) is 63.4 Å². The van der Waals surface area contributed by atoms with Gasteiger partial charge in [0.05, 0.1) is 17.9 Å². The Hall–Kier alpha value is -0.960. The van der Waals surface area contributed by atoms with E-state index in [1.807, 2.05) is 25.9 Å². The summed E-state index contributed by atoms with van der Waals surface area (Å²) in [6.45, 7) is 8.93. The number of nitrogens with one attached hydrogen (secondary N) is 2. The molecule has 7 nitrogen and oxygen atoms in total. The predicted molar refractivity (Wildman–Crippen MR) is 84.0 cm³/mol. The van der Waals surface area contributed by atoms with Crippen molar-refractivity contribution in [3.8, 4) is 0 Å². The van der Waals surface area contributed by atoms with Crippen LogP contribution in [-0.2, 0) is 16.6 Å². The van der Waals surface area contributed by atoms with E-state index in [2.05, 4.69) is 15.1 Å². The molecule has 0 unspecified atom stereocenters. The van der Waals surface area contributed by atoms with Crippen LogP contribution in [0.1, 0.15) is 18.3 Å². The molecule has 1 aromatic heterocycles. The zero-order valence-electron chi connectivity index (χ0n) is 13.6. The maximum absolute atomic E-state index is 12.4. The molecule has 0 bridgehead atoms. The Labute approximate surface area is 127 Å². The van der Waals surface area contributed by atoms with Gasteiger partial charge in [-0.3, -0.25) is 4.68 Å². The predicted octanol–water partition coefficient (Wildman–Crippen LogP) is -0.0507. The van der Waals surface area contributed by atoms with Gasteiger partial charge in [0, 0.05) is 19.6 Å². The molecular formula is C13H27N5O2S. The zero-order chi connectivity index (χ0) is 16.0. The van der Waals surface area contributed by atoms with Gasteiger partial charge in [-0.25, -0.2) is 13.1 Å². The van der Waals surface area contributed by atoms with Gasteiger partial charge in [0.1, 0.15) is 4.90 Å². The topological polar surface area (TPSA) is 79.3 Å². The molecule has 122 valence electrons. The number of nitrogens with zero attached hydrogens (tertiary/aromatic N) is 3. The first-order valence-electron chi connectivity index (χ1n) is 7.18. The van der Waals surface area contributed by atoms with E-state index in [0.717, 1.165) is 13.1 Å². The van der Waals surface area contributed by atoms with Gasteiger partial charge in [-0.2, -0.15) is 5.10 Å². The van der Waals surface area contributed by atoms with E-state index in [-0.39, 0.29) is 0 Å². The molecule has 0 amide bonds. The highest BCUT2D eigenvalue weighted by atomic mass is 32.2. The zero-order valence-corrected chi connectivity index (χ0v) is 14.4. The van der Waals surface area contributed by atoms with Crippen LogP contribution in [0.3, 0.4) is 0 Å². The number of aromatic nitrogens is 2. The van der Waals surface area contributed by atoms with Gasteiger partial charge < -0.3 is 10.2 Å². The first kappa shape index (κ1) is 18.1. The number of likely N-dealkylation sites (N-methyl/N-ethyl adjacent to an activating group) is 2. The van der Waals surface area contributed by atoms with Gasteiger partial charge in [-0.1, -0.05) is 6.92 Å². The molecule has 8 heteroatoms. The van der Waals surface area contributed by atoms with Crippen molar-refractivity contribution < 1.29 is 8.42 Å². The molecule has 0 aliphatic heterocycles. The van der Waals surface area contributed by atoms with Crippen molar-refractivity contribution in [3.63, 3.8) is 0 Å². The molecule has 0 aliphatic rings. The van der Waals surface area contributed by atoms with E-state index >= 15 is 0 Å². The summed E-state index contributed by atoms with van der Waals surface area (Å²) in [6, 6.07) is 0. The fourth-order valence-corrected chi connectivity index (χ4v) is 3.55. The van der Waals surface area contributed by atoms with E-state index in [9.17, 15) is 8.42 Å². The second-order valence-corrected chi connectivity index (χ2v) is 6.98. The molecule has 0 saturated carbocycles. The lowest BCUT2D eigenvalue weighted by molar-refractivity contribution is 0.412. The lowest BCUT2D eigenvalue weighted by Gasteiger charge is -2.11. The quantitative estimate of drug-likeness (QED) is 0.624. The average Bonchev–Trinajstić information content (AvgIpc) is 2.64. The third kappa shape index (κ3) is 5.06. The molecule has 2 N–H and O–H groups in total. The van der Waals surface area contributed by atoms with E-state index in [1.54, 1.807) is 18.5 Å². The maximum atomic E-state index is 12.4. The number of hydrogen-bond donors (Lipinski definition) is 2. The second-order valence-electron chi connectivity index (χ2n) is 5.28. The highest BCUT2D eigenvalue weighted by Crippen LogP contribution is 2.18. The Morgan fingerprint density at radius 1 is 1.24 bits per heavy atom. The molecule has 0 saturated heterocycles. The fraction of sp³-hybridized carbons (Fsp3) is 0.769. The van der Waals surface area contributed by atoms with Gasteiger partial charge in [0.2, 0.25) is 10.0 Å². The summed E-state index contributed by atoms with van der Waals surface area (Å²) in [4.78, 5) is 2.24. The second kappa shape index (κ2) is 7.88. The molecule has 1 heterocycles. The van der Waals surface area contributed by atoms with Crippen LogP contribution < -0.4 is 10.0 Å². The van der Waals surface area contributed by atoms with Crippen LogP contribution in [0.25, 0.3) is 0 Å². The summed E-state index contributed by atoms with van der Waals surface area (Å²) in [5.41, 5.74) is 1.23. The van der Waals surface area contributed by atoms with Crippen LogP contribution in [0.2, 0.25) is 0 Å². The minimum absolute atomic E-state index is 0.303. The minimum atomic E-state index is -3.51. The molecule has 0 aliphatic carbocycles. The van der Waals surface area contributed by atoms with Crippen molar-refractivity contribution in [3.05, 3.63) is 11.4 Å². The first-order chi connectivity index (χ1) is 9.79. The fourth-order valence-electron chi connectivity index (χ4n) is 2.12. The largest absolute Gasteiger partial charge is 0.315 e. The molecule has 21 heavy (non-hydrogen) atoms. The molecule has 1 aromatic rings. The smallest absolute Gasteiger partial charge is 0.244 e. The Morgan fingerprint density at radius 2 is 1.90 bits per heavy atom. The van der Waals surface area contributed by atoms with Crippen molar-refractivity contribution in [2.75, 3.05) is 40.3 Å². The van der Waals surface area contributed by atoms with E-state index in [4.69, 9.17) is 0 Å². The summed E-state index contributed by atoms with van der Waals surface area (Å²) < 4.78 is 29.2. The van der Waals surface area contributed by atoms with Crippen LogP contribution in [0.5, 0.6) is 0 Å². The van der Waals surface area contributed by atoms with Crippen molar-refractivity contribution in [2.24, 2.45) is 0 Å². The summed E-state index contributed by atoms with van der Waals surface area (Å²) in [5.74, 6) is 0. The van der Waals surface area contributed by atoms with E-state index in [0.29, 0.717) is 35.9 Å². The van der Waals surface area contributed by atoms with Crippen LogP contribution in [0.15, 0.2) is 4.90 Å².